The van der Waals surface area contributed by atoms with Gasteiger partial charge >= 0.3 is 0 Å². The van der Waals surface area contributed by atoms with Gasteiger partial charge in [0, 0.05) is 11.4 Å². The summed E-state index contributed by atoms with van der Waals surface area (Å²) in [5.41, 5.74) is 1.21. The van der Waals surface area contributed by atoms with Crippen LogP contribution in [0.2, 0.25) is 4.34 Å². The predicted molar refractivity (Wildman–Crippen MR) is 96.8 cm³/mol. The third kappa shape index (κ3) is 4.05. The zero-order valence-electron chi connectivity index (χ0n) is 12.2. The summed E-state index contributed by atoms with van der Waals surface area (Å²) in [6, 6.07) is 13.7. The molecule has 1 saturated heterocycles. The van der Waals surface area contributed by atoms with Crippen molar-refractivity contribution < 1.29 is 9.59 Å². The standard InChI is InChI=1S/C17H14ClNO2S2/c18-15-9-8-13(22-15)11-14-16(20)19(17(21)23-14)10-4-7-12-5-2-1-3-6-12/h1-3,5-6,8-9,11H,4,7,10H2/b14-11+. The Morgan fingerprint density at radius 2 is 1.87 bits per heavy atom. The topological polar surface area (TPSA) is 37.4 Å². The van der Waals surface area contributed by atoms with Crippen LogP contribution >= 0.6 is 34.7 Å². The molecule has 0 atom stereocenters. The second-order valence-corrected chi connectivity index (χ2v) is 7.80. The van der Waals surface area contributed by atoms with Crippen molar-refractivity contribution in [3.63, 3.8) is 0 Å². The van der Waals surface area contributed by atoms with Gasteiger partial charge in [0.25, 0.3) is 11.1 Å². The number of nitrogens with zero attached hydrogens (tertiary/aromatic N) is 1. The molecule has 1 fully saturated rings. The molecule has 1 aliphatic heterocycles. The normalized spacial score (nSPS) is 16.6. The van der Waals surface area contributed by atoms with Gasteiger partial charge in [-0.15, -0.1) is 11.3 Å². The third-order valence-electron chi connectivity index (χ3n) is 3.43. The quantitative estimate of drug-likeness (QED) is 0.696. The minimum atomic E-state index is -0.211. The van der Waals surface area contributed by atoms with E-state index in [1.54, 1.807) is 12.1 Å². The number of hydrogen-bond donors (Lipinski definition) is 0. The molecule has 0 N–H and O–H groups in total. The fourth-order valence-corrected chi connectivity index (χ4v) is 4.25. The molecule has 2 amide bonds. The van der Waals surface area contributed by atoms with Crippen LogP contribution in [-0.2, 0) is 11.2 Å². The van der Waals surface area contributed by atoms with Gasteiger partial charge in [-0.2, -0.15) is 0 Å². The molecule has 23 heavy (non-hydrogen) atoms. The first-order chi connectivity index (χ1) is 11.1. The lowest BCUT2D eigenvalue weighted by Crippen LogP contribution is -2.29. The molecule has 0 aliphatic carbocycles. The monoisotopic (exact) mass is 363 g/mol. The van der Waals surface area contributed by atoms with E-state index in [-0.39, 0.29) is 11.1 Å². The first-order valence-electron chi connectivity index (χ1n) is 7.18. The molecule has 0 spiro atoms. The number of benzene rings is 1. The van der Waals surface area contributed by atoms with Crippen molar-refractivity contribution in [1.29, 1.82) is 0 Å². The minimum absolute atomic E-state index is 0.197. The molecule has 0 saturated carbocycles. The fourth-order valence-electron chi connectivity index (χ4n) is 2.31. The predicted octanol–water partition coefficient (Wildman–Crippen LogP) is 5.07. The number of halogens is 1. The number of rotatable bonds is 5. The van der Waals surface area contributed by atoms with Gasteiger partial charge in [0.05, 0.1) is 9.24 Å². The van der Waals surface area contributed by atoms with E-state index in [9.17, 15) is 9.59 Å². The summed E-state index contributed by atoms with van der Waals surface area (Å²) >= 11 is 8.27. The van der Waals surface area contributed by atoms with Crippen LogP contribution < -0.4 is 0 Å². The van der Waals surface area contributed by atoms with Crippen LogP contribution in [0.4, 0.5) is 4.79 Å². The SMILES string of the molecule is O=C1S/C(=C/c2ccc(Cl)s2)C(=O)N1CCCc1ccccc1. The molecular formula is C17H14ClNO2S2. The molecule has 6 heteroatoms. The van der Waals surface area contributed by atoms with Crippen LogP contribution in [-0.4, -0.2) is 22.6 Å². The first-order valence-corrected chi connectivity index (χ1v) is 9.19. The number of amides is 2. The summed E-state index contributed by atoms with van der Waals surface area (Å²) in [6.07, 6.45) is 3.35. The van der Waals surface area contributed by atoms with Gasteiger partial charge in [0.1, 0.15) is 0 Å². The zero-order chi connectivity index (χ0) is 16.2. The molecule has 0 bridgehead atoms. The van der Waals surface area contributed by atoms with Crippen LogP contribution in [0.1, 0.15) is 16.9 Å². The van der Waals surface area contributed by atoms with E-state index in [1.165, 1.54) is 21.8 Å². The van der Waals surface area contributed by atoms with E-state index in [1.807, 2.05) is 36.4 Å². The summed E-state index contributed by atoms with van der Waals surface area (Å²) in [5.74, 6) is -0.211. The van der Waals surface area contributed by atoms with Crippen molar-refractivity contribution in [2.45, 2.75) is 12.8 Å². The molecule has 2 aromatic rings. The summed E-state index contributed by atoms with van der Waals surface area (Å²) < 4.78 is 0.665. The van der Waals surface area contributed by atoms with E-state index < -0.39 is 0 Å². The number of carbonyl (C=O) groups is 2. The Morgan fingerprint density at radius 3 is 2.57 bits per heavy atom. The lowest BCUT2D eigenvalue weighted by Gasteiger charge is -2.11. The Bertz CT molecular complexity index is 755. The van der Waals surface area contributed by atoms with Gasteiger partial charge in [-0.3, -0.25) is 14.5 Å². The van der Waals surface area contributed by atoms with E-state index in [0.717, 1.165) is 29.5 Å². The molecule has 0 radical (unpaired) electrons. The highest BCUT2D eigenvalue weighted by atomic mass is 35.5. The first kappa shape index (κ1) is 16.3. The van der Waals surface area contributed by atoms with Crippen molar-refractivity contribution in [1.82, 2.24) is 4.90 Å². The average Bonchev–Trinajstić information content (AvgIpc) is 3.06. The number of carbonyl (C=O) groups excluding carboxylic acids is 2. The van der Waals surface area contributed by atoms with Crippen LogP contribution in [0.5, 0.6) is 0 Å². The van der Waals surface area contributed by atoms with Gasteiger partial charge in [-0.1, -0.05) is 41.9 Å². The van der Waals surface area contributed by atoms with E-state index in [0.29, 0.717) is 15.8 Å². The Morgan fingerprint density at radius 1 is 1.09 bits per heavy atom. The minimum Gasteiger partial charge on any atom is -0.268 e. The van der Waals surface area contributed by atoms with Crippen molar-refractivity contribution in [2.75, 3.05) is 6.54 Å². The molecule has 1 aliphatic rings. The molecule has 0 unspecified atom stereocenters. The number of thioether (sulfide) groups is 1. The number of hydrogen-bond acceptors (Lipinski definition) is 4. The van der Waals surface area contributed by atoms with Crippen molar-refractivity contribution in [3.05, 3.63) is 62.1 Å². The van der Waals surface area contributed by atoms with E-state index >= 15 is 0 Å². The third-order valence-corrected chi connectivity index (χ3v) is 5.52. The van der Waals surface area contributed by atoms with Crippen molar-refractivity contribution in [3.8, 4) is 0 Å². The summed E-state index contributed by atoms with van der Waals surface area (Å²) in [5, 5.41) is -0.197. The number of thiophene rings is 1. The average molecular weight is 364 g/mol. The largest absolute Gasteiger partial charge is 0.293 e. The Balaban J connectivity index is 1.61. The summed E-state index contributed by atoms with van der Waals surface area (Å²) in [4.78, 5) is 27.1. The van der Waals surface area contributed by atoms with Crippen molar-refractivity contribution >= 4 is 51.9 Å². The van der Waals surface area contributed by atoms with Crippen LogP contribution in [0.25, 0.3) is 6.08 Å². The van der Waals surface area contributed by atoms with Crippen LogP contribution in [0.3, 0.4) is 0 Å². The fraction of sp³-hybridized carbons (Fsp3) is 0.176. The smallest absolute Gasteiger partial charge is 0.268 e. The van der Waals surface area contributed by atoms with Crippen LogP contribution in [0.15, 0.2) is 47.4 Å². The highest BCUT2D eigenvalue weighted by molar-refractivity contribution is 8.18. The summed E-state index contributed by atoms with van der Waals surface area (Å²) in [7, 11) is 0. The lowest BCUT2D eigenvalue weighted by molar-refractivity contribution is -0.122. The molecule has 3 rings (SSSR count). The Labute approximate surface area is 147 Å². The second-order valence-electron chi connectivity index (χ2n) is 5.06. The van der Waals surface area contributed by atoms with Crippen molar-refractivity contribution in [2.24, 2.45) is 0 Å². The van der Waals surface area contributed by atoms with E-state index in [2.05, 4.69) is 0 Å². The van der Waals surface area contributed by atoms with Gasteiger partial charge in [-0.25, -0.2) is 0 Å². The Hall–Kier alpha value is -1.56. The Kier molecular flexibility index (Phi) is 5.20. The number of imide groups is 1. The molecule has 1 aromatic carbocycles. The van der Waals surface area contributed by atoms with Gasteiger partial charge in [0.2, 0.25) is 0 Å². The van der Waals surface area contributed by atoms with Gasteiger partial charge in [-0.05, 0) is 48.4 Å². The highest BCUT2D eigenvalue weighted by Crippen LogP contribution is 2.34. The van der Waals surface area contributed by atoms with Gasteiger partial charge < -0.3 is 0 Å². The molecule has 2 heterocycles. The van der Waals surface area contributed by atoms with Gasteiger partial charge in [0.15, 0.2) is 0 Å². The molecule has 1 aromatic heterocycles. The highest BCUT2D eigenvalue weighted by Gasteiger charge is 2.34. The number of aryl methyl sites for hydroxylation is 1. The molecular weight excluding hydrogens is 350 g/mol. The van der Waals surface area contributed by atoms with Crippen LogP contribution in [0, 0.1) is 0 Å². The maximum absolute atomic E-state index is 12.4. The summed E-state index contributed by atoms with van der Waals surface area (Å²) in [6.45, 7) is 0.447. The second kappa shape index (κ2) is 7.34. The van der Waals surface area contributed by atoms with E-state index in [4.69, 9.17) is 11.6 Å². The molecule has 118 valence electrons. The zero-order valence-corrected chi connectivity index (χ0v) is 14.6. The maximum atomic E-state index is 12.4. The maximum Gasteiger partial charge on any atom is 0.293 e. The molecule has 3 nitrogen and oxygen atoms in total. The lowest BCUT2D eigenvalue weighted by atomic mass is 10.1.